The van der Waals surface area contributed by atoms with E-state index in [1.165, 1.54) is 24.8 Å². The third kappa shape index (κ3) is 2.14. The highest BCUT2D eigenvalue weighted by Gasteiger charge is 2.25. The number of oxazole rings is 1. The van der Waals surface area contributed by atoms with Gasteiger partial charge in [-0.1, -0.05) is 34.8 Å². The number of nitrogens with zero attached hydrogens (tertiary/aromatic N) is 1. The average molecular weight is 310 g/mol. The van der Waals surface area contributed by atoms with Crippen LogP contribution in [-0.4, -0.2) is 4.57 Å². The zero-order valence-corrected chi connectivity index (χ0v) is 11.9. The van der Waals surface area contributed by atoms with Crippen molar-refractivity contribution in [2.24, 2.45) is 5.92 Å². The third-order valence-corrected chi connectivity index (χ3v) is 4.51. The first-order valence-electron chi connectivity index (χ1n) is 6.46. The maximum Gasteiger partial charge on any atom is 0.419 e. The normalized spacial score (nSPS) is 17.2. The van der Waals surface area contributed by atoms with Crippen molar-refractivity contribution in [3.63, 3.8) is 0 Å². The average Bonchev–Trinajstić information content (AvgIpc) is 3.09. The van der Waals surface area contributed by atoms with Crippen LogP contribution in [-0.2, 0) is 6.54 Å². The van der Waals surface area contributed by atoms with Gasteiger partial charge in [-0.25, -0.2) is 4.79 Å². The molecule has 1 saturated carbocycles. The Labute approximate surface area is 114 Å². The van der Waals surface area contributed by atoms with Crippen molar-refractivity contribution in [1.82, 2.24) is 4.57 Å². The van der Waals surface area contributed by atoms with Crippen molar-refractivity contribution in [3.8, 4) is 0 Å². The Hall–Kier alpha value is -1.03. The number of fused-ring (bicyclic) bond motifs is 1. The number of aryl methyl sites for hydroxylation is 1. The smallest absolute Gasteiger partial charge is 0.408 e. The molecule has 2 aromatic rings. The van der Waals surface area contributed by atoms with Gasteiger partial charge >= 0.3 is 5.76 Å². The van der Waals surface area contributed by atoms with E-state index in [4.69, 9.17) is 4.42 Å². The number of halogens is 1. The number of hydrogen-bond donors (Lipinski definition) is 0. The van der Waals surface area contributed by atoms with Crippen LogP contribution < -0.4 is 5.76 Å². The van der Waals surface area contributed by atoms with Crippen LogP contribution in [0.25, 0.3) is 11.1 Å². The molecule has 0 spiro atoms. The molecule has 1 unspecified atom stereocenters. The maximum atomic E-state index is 11.6. The molecular formula is C14H16BrNO2. The first-order chi connectivity index (χ1) is 8.69. The summed E-state index contributed by atoms with van der Waals surface area (Å²) < 4.78 is 6.94. The number of alkyl halides is 1. The number of aromatic nitrogens is 1. The minimum absolute atomic E-state index is 0.266. The van der Waals surface area contributed by atoms with Crippen molar-refractivity contribution in [1.29, 1.82) is 0 Å². The van der Waals surface area contributed by atoms with Crippen LogP contribution in [0, 0.1) is 5.92 Å². The zero-order valence-electron chi connectivity index (χ0n) is 10.4. The van der Waals surface area contributed by atoms with Gasteiger partial charge in [-0.3, -0.25) is 4.57 Å². The Morgan fingerprint density at radius 1 is 1.50 bits per heavy atom. The van der Waals surface area contributed by atoms with Crippen LogP contribution in [0.4, 0.5) is 0 Å². The van der Waals surface area contributed by atoms with Gasteiger partial charge in [0.2, 0.25) is 0 Å². The summed E-state index contributed by atoms with van der Waals surface area (Å²) in [7, 11) is 0. The maximum absolute atomic E-state index is 11.6. The summed E-state index contributed by atoms with van der Waals surface area (Å²) in [5.41, 5.74) is 2.78. The predicted octanol–water partition coefficient (Wildman–Crippen LogP) is 3.85. The minimum Gasteiger partial charge on any atom is -0.408 e. The quantitative estimate of drug-likeness (QED) is 0.804. The summed E-state index contributed by atoms with van der Waals surface area (Å²) in [6, 6.07) is 6.07. The van der Waals surface area contributed by atoms with Gasteiger partial charge < -0.3 is 4.42 Å². The van der Waals surface area contributed by atoms with Crippen molar-refractivity contribution < 1.29 is 4.42 Å². The second kappa shape index (κ2) is 4.57. The van der Waals surface area contributed by atoms with Gasteiger partial charge in [0, 0.05) is 11.4 Å². The van der Waals surface area contributed by atoms with Gasteiger partial charge in [0.15, 0.2) is 5.58 Å². The largest absolute Gasteiger partial charge is 0.419 e. The highest BCUT2D eigenvalue weighted by Crippen LogP contribution is 2.41. The van der Waals surface area contributed by atoms with E-state index in [0.29, 0.717) is 17.0 Å². The van der Waals surface area contributed by atoms with Crippen molar-refractivity contribution >= 4 is 27.0 Å². The molecule has 1 aromatic carbocycles. The molecule has 0 aliphatic heterocycles. The molecule has 1 aliphatic rings. The number of rotatable bonds is 4. The fourth-order valence-electron chi connectivity index (χ4n) is 2.36. The van der Waals surface area contributed by atoms with Crippen LogP contribution in [0.15, 0.2) is 27.4 Å². The monoisotopic (exact) mass is 309 g/mol. The van der Waals surface area contributed by atoms with Gasteiger partial charge in [0.05, 0.1) is 5.52 Å². The van der Waals surface area contributed by atoms with Gasteiger partial charge in [-0.15, -0.1) is 0 Å². The molecule has 96 valence electrons. The molecule has 0 bridgehead atoms. The van der Waals surface area contributed by atoms with E-state index < -0.39 is 0 Å². The van der Waals surface area contributed by atoms with E-state index in [1.54, 1.807) is 4.57 Å². The van der Waals surface area contributed by atoms with Gasteiger partial charge in [-0.2, -0.15) is 0 Å². The van der Waals surface area contributed by atoms with Crippen molar-refractivity contribution in [2.75, 3.05) is 0 Å². The Balaban J connectivity index is 1.97. The molecular weight excluding hydrogens is 294 g/mol. The molecule has 3 rings (SSSR count). The summed E-state index contributed by atoms with van der Waals surface area (Å²) in [6.07, 6.45) is 3.88. The first kappa shape index (κ1) is 12.0. The van der Waals surface area contributed by atoms with Crippen molar-refractivity contribution in [2.45, 2.75) is 37.6 Å². The third-order valence-electron chi connectivity index (χ3n) is 3.61. The highest BCUT2D eigenvalue weighted by atomic mass is 79.9. The lowest BCUT2D eigenvalue weighted by Gasteiger charge is -2.09. The summed E-state index contributed by atoms with van der Waals surface area (Å²) in [5.74, 6) is 0.607. The molecule has 0 saturated heterocycles. The fraction of sp³-hybridized carbons (Fsp3) is 0.500. The lowest BCUT2D eigenvalue weighted by Crippen LogP contribution is -2.11. The highest BCUT2D eigenvalue weighted by molar-refractivity contribution is 9.09. The van der Waals surface area contributed by atoms with Crippen LogP contribution in [0.1, 0.15) is 36.6 Å². The van der Waals surface area contributed by atoms with E-state index in [1.807, 2.05) is 19.1 Å². The SMILES string of the molecule is CCn1c(=O)oc2cc(C(Br)CC3CC3)ccc21. The Kier molecular flexibility index (Phi) is 3.06. The summed E-state index contributed by atoms with van der Waals surface area (Å²) in [5, 5.41) is 0. The second-order valence-electron chi connectivity index (χ2n) is 4.99. The topological polar surface area (TPSA) is 35.1 Å². The Bertz CT molecular complexity index is 624. The van der Waals surface area contributed by atoms with Gasteiger partial charge in [0.25, 0.3) is 0 Å². The molecule has 1 heterocycles. The van der Waals surface area contributed by atoms with Crippen LogP contribution in [0.3, 0.4) is 0 Å². The molecule has 3 nitrogen and oxygen atoms in total. The molecule has 1 aromatic heterocycles. The zero-order chi connectivity index (χ0) is 12.7. The lowest BCUT2D eigenvalue weighted by atomic mass is 10.1. The summed E-state index contributed by atoms with van der Waals surface area (Å²) >= 11 is 3.73. The summed E-state index contributed by atoms with van der Waals surface area (Å²) in [4.78, 5) is 12.0. The van der Waals surface area contributed by atoms with Gasteiger partial charge in [0.1, 0.15) is 0 Å². The van der Waals surface area contributed by atoms with E-state index in [0.717, 1.165) is 11.4 Å². The molecule has 0 amide bonds. The fourth-order valence-corrected chi connectivity index (χ4v) is 3.17. The summed E-state index contributed by atoms with van der Waals surface area (Å²) in [6.45, 7) is 2.59. The molecule has 0 N–H and O–H groups in total. The number of benzene rings is 1. The predicted molar refractivity (Wildman–Crippen MR) is 75.2 cm³/mol. The first-order valence-corrected chi connectivity index (χ1v) is 7.38. The molecule has 1 aliphatic carbocycles. The van der Waals surface area contributed by atoms with Crippen LogP contribution in [0.2, 0.25) is 0 Å². The second-order valence-corrected chi connectivity index (χ2v) is 6.09. The molecule has 1 atom stereocenters. The molecule has 18 heavy (non-hydrogen) atoms. The molecule has 4 heteroatoms. The Morgan fingerprint density at radius 2 is 2.28 bits per heavy atom. The van der Waals surface area contributed by atoms with E-state index in [9.17, 15) is 4.79 Å². The van der Waals surface area contributed by atoms with E-state index in [2.05, 4.69) is 22.0 Å². The van der Waals surface area contributed by atoms with E-state index in [-0.39, 0.29) is 5.76 Å². The molecule has 1 fully saturated rings. The standard InChI is InChI=1S/C14H16BrNO2/c1-2-16-12-6-5-10(8-13(12)18-14(16)17)11(15)7-9-3-4-9/h5-6,8-9,11H,2-4,7H2,1H3. The lowest BCUT2D eigenvalue weighted by molar-refractivity contribution is 0.513. The number of hydrogen-bond acceptors (Lipinski definition) is 2. The van der Waals surface area contributed by atoms with Crippen LogP contribution >= 0.6 is 15.9 Å². The van der Waals surface area contributed by atoms with Gasteiger partial charge in [-0.05, 0) is 37.0 Å². The van der Waals surface area contributed by atoms with Crippen molar-refractivity contribution in [3.05, 3.63) is 34.3 Å². The Morgan fingerprint density at radius 3 is 2.94 bits per heavy atom. The minimum atomic E-state index is -0.266. The van der Waals surface area contributed by atoms with Crippen LogP contribution in [0.5, 0.6) is 0 Å². The van der Waals surface area contributed by atoms with E-state index >= 15 is 0 Å². The molecule has 0 radical (unpaired) electrons.